The first-order valence-electron chi connectivity index (χ1n) is 11.8. The number of rotatable bonds is 7. The summed E-state index contributed by atoms with van der Waals surface area (Å²) in [6, 6.07) is 19.3. The molecule has 34 heavy (non-hydrogen) atoms. The van der Waals surface area contributed by atoms with Crippen LogP contribution in [0.15, 0.2) is 59.6 Å². The van der Waals surface area contributed by atoms with Gasteiger partial charge in [0.2, 0.25) is 0 Å². The minimum atomic E-state index is -0.409. The van der Waals surface area contributed by atoms with Crippen LogP contribution in [0.5, 0.6) is 5.75 Å². The van der Waals surface area contributed by atoms with Crippen molar-refractivity contribution < 1.29 is 14.3 Å². The van der Waals surface area contributed by atoms with Crippen LogP contribution in [-0.4, -0.2) is 43.8 Å². The SMILES string of the molecule is Cc1ccc(-c2ccc3cc(OCCCOC(=O)NC(C)(C)C)c(C4=NCCN4)cc3c2)cc1. The molecule has 178 valence electrons. The van der Waals surface area contributed by atoms with Crippen LogP contribution in [-0.2, 0) is 4.74 Å². The highest BCUT2D eigenvalue weighted by atomic mass is 16.5. The average molecular weight is 460 g/mol. The van der Waals surface area contributed by atoms with Crippen LogP contribution in [0, 0.1) is 6.92 Å². The van der Waals surface area contributed by atoms with E-state index in [2.05, 4.69) is 77.1 Å². The fraction of sp³-hybridized carbons (Fsp3) is 0.357. The van der Waals surface area contributed by atoms with E-state index in [1.54, 1.807) is 0 Å². The molecule has 1 heterocycles. The van der Waals surface area contributed by atoms with Gasteiger partial charge in [-0.3, -0.25) is 4.99 Å². The Hall–Kier alpha value is -3.54. The molecule has 6 nitrogen and oxygen atoms in total. The van der Waals surface area contributed by atoms with Crippen LogP contribution in [0.3, 0.4) is 0 Å². The number of amidine groups is 1. The topological polar surface area (TPSA) is 72.0 Å². The molecule has 0 unspecified atom stereocenters. The average Bonchev–Trinajstić information content (AvgIpc) is 3.32. The van der Waals surface area contributed by atoms with Gasteiger partial charge in [0.25, 0.3) is 0 Å². The van der Waals surface area contributed by atoms with Crippen molar-refractivity contribution in [3.8, 4) is 16.9 Å². The monoisotopic (exact) mass is 459 g/mol. The number of fused-ring (bicyclic) bond motifs is 1. The van der Waals surface area contributed by atoms with Crippen molar-refractivity contribution in [3.63, 3.8) is 0 Å². The van der Waals surface area contributed by atoms with E-state index >= 15 is 0 Å². The van der Waals surface area contributed by atoms with E-state index in [-0.39, 0.29) is 5.54 Å². The molecular weight excluding hydrogens is 426 g/mol. The summed E-state index contributed by atoms with van der Waals surface area (Å²) in [6.45, 7) is 10.2. The van der Waals surface area contributed by atoms with Crippen molar-refractivity contribution in [2.45, 2.75) is 39.7 Å². The van der Waals surface area contributed by atoms with E-state index in [1.807, 2.05) is 20.8 Å². The summed E-state index contributed by atoms with van der Waals surface area (Å²) in [6.07, 6.45) is 0.189. The quantitative estimate of drug-likeness (QED) is 0.460. The largest absolute Gasteiger partial charge is 0.493 e. The normalized spacial score (nSPS) is 13.4. The summed E-state index contributed by atoms with van der Waals surface area (Å²) in [5.74, 6) is 1.64. The highest BCUT2D eigenvalue weighted by Crippen LogP contribution is 2.31. The number of carbonyl (C=O) groups excluding carboxylic acids is 1. The Morgan fingerprint density at radius 1 is 1.00 bits per heavy atom. The lowest BCUT2D eigenvalue weighted by Crippen LogP contribution is -2.41. The Bertz CT molecular complexity index is 1190. The molecule has 0 spiro atoms. The predicted molar refractivity (Wildman–Crippen MR) is 138 cm³/mol. The number of alkyl carbamates (subject to hydrolysis) is 1. The molecule has 1 aliphatic heterocycles. The first-order chi connectivity index (χ1) is 16.3. The number of aliphatic imine (C=N–C) groups is 1. The minimum absolute atomic E-state index is 0.296. The summed E-state index contributed by atoms with van der Waals surface area (Å²) in [5, 5.41) is 8.39. The predicted octanol–water partition coefficient (Wildman–Crippen LogP) is 5.46. The molecule has 1 amide bonds. The lowest BCUT2D eigenvalue weighted by molar-refractivity contribution is 0.130. The molecule has 0 radical (unpaired) electrons. The van der Waals surface area contributed by atoms with Gasteiger partial charge < -0.3 is 20.1 Å². The van der Waals surface area contributed by atoms with Gasteiger partial charge >= 0.3 is 6.09 Å². The van der Waals surface area contributed by atoms with E-state index in [0.717, 1.165) is 41.0 Å². The summed E-state index contributed by atoms with van der Waals surface area (Å²) < 4.78 is 11.4. The van der Waals surface area contributed by atoms with Crippen molar-refractivity contribution in [2.75, 3.05) is 26.3 Å². The van der Waals surface area contributed by atoms with Gasteiger partial charge in [-0.05, 0) is 67.8 Å². The lowest BCUT2D eigenvalue weighted by Gasteiger charge is -2.20. The number of hydrogen-bond donors (Lipinski definition) is 2. The Labute approximate surface area is 201 Å². The summed E-state index contributed by atoms with van der Waals surface area (Å²) in [4.78, 5) is 16.4. The van der Waals surface area contributed by atoms with Crippen LogP contribution < -0.4 is 15.4 Å². The van der Waals surface area contributed by atoms with Crippen molar-refractivity contribution in [1.82, 2.24) is 10.6 Å². The van der Waals surface area contributed by atoms with Crippen LogP contribution in [0.1, 0.15) is 38.3 Å². The standard InChI is InChI=1S/C28H33N3O3/c1-19-6-8-20(9-7-19)21-10-11-22-18-25(24(17-23(22)16-21)26-29-12-13-30-26)33-14-5-15-34-27(32)31-28(2,3)4/h6-11,16-18H,5,12-15H2,1-4H3,(H,29,30)(H,31,32). The van der Waals surface area contributed by atoms with Crippen LogP contribution in [0.25, 0.3) is 21.9 Å². The lowest BCUT2D eigenvalue weighted by atomic mass is 9.98. The number of nitrogens with one attached hydrogen (secondary N) is 2. The van der Waals surface area contributed by atoms with Gasteiger partial charge in [-0.15, -0.1) is 0 Å². The van der Waals surface area contributed by atoms with E-state index < -0.39 is 6.09 Å². The maximum absolute atomic E-state index is 11.8. The molecule has 4 rings (SSSR count). The maximum Gasteiger partial charge on any atom is 0.407 e. The van der Waals surface area contributed by atoms with Crippen molar-refractivity contribution >= 4 is 22.7 Å². The van der Waals surface area contributed by atoms with Gasteiger partial charge in [-0.2, -0.15) is 0 Å². The number of aryl methyl sites for hydroxylation is 1. The zero-order valence-corrected chi connectivity index (χ0v) is 20.4. The van der Waals surface area contributed by atoms with E-state index in [9.17, 15) is 4.79 Å². The van der Waals surface area contributed by atoms with Gasteiger partial charge in [0.1, 0.15) is 11.6 Å². The number of carbonyl (C=O) groups is 1. The fourth-order valence-electron chi connectivity index (χ4n) is 3.83. The minimum Gasteiger partial charge on any atom is -0.493 e. The molecular formula is C28H33N3O3. The number of nitrogens with zero attached hydrogens (tertiary/aromatic N) is 1. The molecule has 0 saturated carbocycles. The first kappa shape index (κ1) is 23.6. The summed E-state index contributed by atoms with van der Waals surface area (Å²) in [5.41, 5.74) is 4.26. The van der Waals surface area contributed by atoms with Crippen LogP contribution >= 0.6 is 0 Å². The van der Waals surface area contributed by atoms with Gasteiger partial charge in [0.05, 0.1) is 25.3 Å². The number of hydrogen-bond acceptors (Lipinski definition) is 5. The second-order valence-electron chi connectivity index (χ2n) is 9.65. The highest BCUT2D eigenvalue weighted by Gasteiger charge is 2.17. The Morgan fingerprint density at radius 2 is 1.76 bits per heavy atom. The second kappa shape index (κ2) is 10.2. The Morgan fingerprint density at radius 3 is 2.47 bits per heavy atom. The third-order valence-corrected chi connectivity index (χ3v) is 5.51. The third-order valence-electron chi connectivity index (χ3n) is 5.51. The third kappa shape index (κ3) is 6.07. The molecule has 1 aliphatic rings. The molecule has 3 aromatic carbocycles. The number of benzene rings is 3. The molecule has 2 N–H and O–H groups in total. The highest BCUT2D eigenvalue weighted by molar-refractivity contribution is 6.06. The van der Waals surface area contributed by atoms with E-state index in [0.29, 0.717) is 19.6 Å². The maximum atomic E-state index is 11.8. The van der Waals surface area contributed by atoms with Crippen molar-refractivity contribution in [2.24, 2.45) is 4.99 Å². The summed E-state index contributed by atoms with van der Waals surface area (Å²) >= 11 is 0. The smallest absolute Gasteiger partial charge is 0.407 e. The van der Waals surface area contributed by atoms with Crippen molar-refractivity contribution in [3.05, 3.63) is 65.7 Å². The van der Waals surface area contributed by atoms with E-state index in [4.69, 9.17) is 9.47 Å². The van der Waals surface area contributed by atoms with Gasteiger partial charge in [-0.25, -0.2) is 4.79 Å². The van der Waals surface area contributed by atoms with Gasteiger partial charge in [-0.1, -0.05) is 42.0 Å². The van der Waals surface area contributed by atoms with Gasteiger partial charge in [0, 0.05) is 18.5 Å². The van der Waals surface area contributed by atoms with Crippen molar-refractivity contribution in [1.29, 1.82) is 0 Å². The Balaban J connectivity index is 1.49. The Kier molecular flexibility index (Phi) is 7.06. The van der Waals surface area contributed by atoms with Crippen LogP contribution in [0.2, 0.25) is 0 Å². The van der Waals surface area contributed by atoms with Crippen LogP contribution in [0.4, 0.5) is 4.79 Å². The molecule has 0 atom stereocenters. The summed E-state index contributed by atoms with van der Waals surface area (Å²) in [7, 11) is 0. The fourth-order valence-corrected chi connectivity index (χ4v) is 3.83. The van der Waals surface area contributed by atoms with Gasteiger partial charge in [0.15, 0.2) is 0 Å². The molecule has 0 aliphatic carbocycles. The second-order valence-corrected chi connectivity index (χ2v) is 9.65. The first-order valence-corrected chi connectivity index (χ1v) is 11.8. The number of ether oxygens (including phenoxy) is 2. The van der Waals surface area contributed by atoms with E-state index in [1.165, 1.54) is 16.7 Å². The molecule has 0 bridgehead atoms. The zero-order chi connectivity index (χ0) is 24.1. The molecule has 0 saturated heterocycles. The molecule has 0 fully saturated rings. The number of amides is 1. The molecule has 0 aromatic heterocycles. The molecule has 3 aromatic rings. The molecule has 6 heteroatoms. The zero-order valence-electron chi connectivity index (χ0n) is 20.4.